The van der Waals surface area contributed by atoms with Crippen LogP contribution in [0.1, 0.15) is 25.1 Å². The van der Waals surface area contributed by atoms with Crippen LogP contribution in [-0.2, 0) is 9.84 Å². The van der Waals surface area contributed by atoms with E-state index in [1.165, 1.54) is 12.3 Å². The number of pyridine rings is 1. The van der Waals surface area contributed by atoms with E-state index in [0.717, 1.165) is 0 Å². The minimum Gasteiger partial charge on any atom is -0.322 e. The first-order valence-electron chi connectivity index (χ1n) is 4.82. The highest BCUT2D eigenvalue weighted by Gasteiger charge is 2.13. The van der Waals surface area contributed by atoms with Gasteiger partial charge in [-0.2, -0.15) is 5.26 Å². The van der Waals surface area contributed by atoms with E-state index in [1.807, 2.05) is 6.07 Å². The number of hydrogen-bond donors (Lipinski definition) is 1. The molecule has 1 aromatic rings. The number of rotatable bonds is 4. The molecule has 0 fully saturated rings. The van der Waals surface area contributed by atoms with Gasteiger partial charge in [0.25, 0.3) is 0 Å². The highest BCUT2D eigenvalue weighted by molar-refractivity contribution is 7.91. The Hall–Kier alpha value is -1.16. The standard InChI is InChI=1S/C10H13N3O2S.ClH/c1-2-16(14,15)8-3-4-10(13-7-8)9(12)5-6-11;/h3-4,7,9H,2,5,12H2,1H3;1H/t9-;/m0./s1. The van der Waals surface area contributed by atoms with Crippen molar-refractivity contribution in [2.24, 2.45) is 5.73 Å². The Labute approximate surface area is 107 Å². The van der Waals surface area contributed by atoms with Crippen molar-refractivity contribution in [3.05, 3.63) is 24.0 Å². The summed E-state index contributed by atoms with van der Waals surface area (Å²) in [5, 5.41) is 8.47. The van der Waals surface area contributed by atoms with Crippen molar-refractivity contribution in [1.29, 1.82) is 5.26 Å². The number of nitrogens with zero attached hydrogens (tertiary/aromatic N) is 2. The van der Waals surface area contributed by atoms with Gasteiger partial charge in [-0.25, -0.2) is 8.42 Å². The number of aromatic nitrogens is 1. The second-order valence-corrected chi connectivity index (χ2v) is 5.57. The lowest BCUT2D eigenvalue weighted by atomic mass is 10.1. The fraction of sp³-hybridized carbons (Fsp3) is 0.400. The molecule has 0 aliphatic heterocycles. The Morgan fingerprint density at radius 2 is 2.18 bits per heavy atom. The lowest BCUT2D eigenvalue weighted by Crippen LogP contribution is -2.12. The Morgan fingerprint density at radius 3 is 2.59 bits per heavy atom. The summed E-state index contributed by atoms with van der Waals surface area (Å²) in [5.74, 6) is 0.0400. The SMILES string of the molecule is CCS(=O)(=O)c1ccc([C@@H](N)CC#N)nc1.Cl. The summed E-state index contributed by atoms with van der Waals surface area (Å²) in [5.41, 5.74) is 6.19. The maximum atomic E-state index is 11.5. The Bertz CT molecular complexity index is 493. The third kappa shape index (κ3) is 3.97. The van der Waals surface area contributed by atoms with E-state index < -0.39 is 15.9 Å². The zero-order valence-electron chi connectivity index (χ0n) is 9.33. The quantitative estimate of drug-likeness (QED) is 0.891. The molecule has 1 atom stereocenters. The first kappa shape index (κ1) is 15.8. The molecule has 0 aliphatic rings. The van der Waals surface area contributed by atoms with Gasteiger partial charge < -0.3 is 5.73 Å². The molecular formula is C10H14ClN3O2S. The lowest BCUT2D eigenvalue weighted by Gasteiger charge is -2.07. The van der Waals surface area contributed by atoms with Gasteiger partial charge in [0.15, 0.2) is 9.84 Å². The number of halogens is 1. The van der Waals surface area contributed by atoms with Crippen LogP contribution in [0.3, 0.4) is 0 Å². The maximum absolute atomic E-state index is 11.5. The Morgan fingerprint density at radius 1 is 1.53 bits per heavy atom. The highest BCUT2D eigenvalue weighted by Crippen LogP contribution is 2.14. The van der Waals surface area contributed by atoms with E-state index in [-0.39, 0.29) is 29.5 Å². The molecule has 17 heavy (non-hydrogen) atoms. The van der Waals surface area contributed by atoms with Gasteiger partial charge in [0, 0.05) is 6.20 Å². The minimum absolute atomic E-state index is 0. The molecule has 0 aromatic carbocycles. The second-order valence-electron chi connectivity index (χ2n) is 3.29. The van der Waals surface area contributed by atoms with E-state index >= 15 is 0 Å². The lowest BCUT2D eigenvalue weighted by molar-refractivity contribution is 0.596. The summed E-state index contributed by atoms with van der Waals surface area (Å²) in [6.07, 6.45) is 1.44. The van der Waals surface area contributed by atoms with E-state index in [1.54, 1.807) is 13.0 Å². The van der Waals surface area contributed by atoms with Crippen LogP contribution in [-0.4, -0.2) is 19.2 Å². The molecule has 0 unspecified atom stereocenters. The predicted molar refractivity (Wildman–Crippen MR) is 66.4 cm³/mol. The van der Waals surface area contributed by atoms with Gasteiger partial charge in [-0.3, -0.25) is 4.98 Å². The molecule has 1 heterocycles. The molecule has 2 N–H and O–H groups in total. The molecule has 5 nitrogen and oxygen atoms in total. The monoisotopic (exact) mass is 275 g/mol. The van der Waals surface area contributed by atoms with Gasteiger partial charge in [-0.1, -0.05) is 6.92 Å². The molecule has 0 saturated carbocycles. The summed E-state index contributed by atoms with van der Waals surface area (Å²) < 4.78 is 23.0. The van der Waals surface area contributed by atoms with Crippen LogP contribution in [0.5, 0.6) is 0 Å². The smallest absolute Gasteiger partial charge is 0.179 e. The summed E-state index contributed by atoms with van der Waals surface area (Å²) in [6.45, 7) is 1.57. The van der Waals surface area contributed by atoms with E-state index in [2.05, 4.69) is 4.98 Å². The summed E-state index contributed by atoms with van der Waals surface area (Å²) >= 11 is 0. The first-order chi connectivity index (χ1) is 7.51. The van der Waals surface area contributed by atoms with Gasteiger partial charge in [-0.15, -0.1) is 12.4 Å². The van der Waals surface area contributed by atoms with Crippen molar-refractivity contribution in [2.75, 3.05) is 5.75 Å². The largest absolute Gasteiger partial charge is 0.322 e. The van der Waals surface area contributed by atoms with E-state index in [9.17, 15) is 8.42 Å². The summed E-state index contributed by atoms with van der Waals surface area (Å²) in [4.78, 5) is 4.14. The first-order valence-corrected chi connectivity index (χ1v) is 6.47. The topological polar surface area (TPSA) is 96.8 Å². The summed E-state index contributed by atoms with van der Waals surface area (Å²) in [7, 11) is -3.22. The van der Waals surface area contributed by atoms with E-state index in [0.29, 0.717) is 5.69 Å². The number of hydrogen-bond acceptors (Lipinski definition) is 5. The van der Waals surface area contributed by atoms with Crippen molar-refractivity contribution >= 4 is 22.2 Å². The van der Waals surface area contributed by atoms with Crippen molar-refractivity contribution in [3.63, 3.8) is 0 Å². The molecule has 0 aliphatic carbocycles. The Balaban J connectivity index is 0.00000256. The molecule has 0 spiro atoms. The normalized spacial score (nSPS) is 12.3. The van der Waals surface area contributed by atoms with Gasteiger partial charge >= 0.3 is 0 Å². The van der Waals surface area contributed by atoms with Crippen LogP contribution in [0.15, 0.2) is 23.2 Å². The number of nitrogens with two attached hydrogens (primary N) is 1. The molecular weight excluding hydrogens is 262 g/mol. The van der Waals surface area contributed by atoms with Crippen molar-refractivity contribution in [3.8, 4) is 6.07 Å². The number of nitriles is 1. The fourth-order valence-electron chi connectivity index (χ4n) is 1.16. The van der Waals surface area contributed by atoms with Crippen LogP contribution >= 0.6 is 12.4 Å². The van der Waals surface area contributed by atoms with Crippen molar-refractivity contribution in [1.82, 2.24) is 4.98 Å². The fourth-order valence-corrected chi connectivity index (χ4v) is 1.99. The zero-order chi connectivity index (χ0) is 12.2. The van der Waals surface area contributed by atoms with Crippen LogP contribution < -0.4 is 5.73 Å². The molecule has 0 bridgehead atoms. The molecule has 0 radical (unpaired) electrons. The Kier molecular flexibility index (Phi) is 6.10. The van der Waals surface area contributed by atoms with Crippen LogP contribution in [0.25, 0.3) is 0 Å². The molecule has 7 heteroatoms. The van der Waals surface area contributed by atoms with E-state index in [4.69, 9.17) is 11.0 Å². The maximum Gasteiger partial charge on any atom is 0.179 e. The van der Waals surface area contributed by atoms with Gasteiger partial charge in [-0.05, 0) is 12.1 Å². The summed E-state index contributed by atoms with van der Waals surface area (Å²) in [6, 6.07) is 4.49. The van der Waals surface area contributed by atoms with Crippen LogP contribution in [0, 0.1) is 11.3 Å². The van der Waals surface area contributed by atoms with Gasteiger partial charge in [0.1, 0.15) is 0 Å². The van der Waals surface area contributed by atoms with Crippen LogP contribution in [0.4, 0.5) is 0 Å². The van der Waals surface area contributed by atoms with Crippen molar-refractivity contribution in [2.45, 2.75) is 24.3 Å². The zero-order valence-corrected chi connectivity index (χ0v) is 11.0. The molecule has 94 valence electrons. The van der Waals surface area contributed by atoms with Crippen molar-refractivity contribution < 1.29 is 8.42 Å². The number of sulfone groups is 1. The van der Waals surface area contributed by atoms with Gasteiger partial charge in [0.05, 0.1) is 34.9 Å². The average Bonchev–Trinajstić information content (AvgIpc) is 2.29. The third-order valence-corrected chi connectivity index (χ3v) is 3.91. The molecule has 1 rings (SSSR count). The molecule has 1 aromatic heterocycles. The van der Waals surface area contributed by atoms with Crippen LogP contribution in [0.2, 0.25) is 0 Å². The van der Waals surface area contributed by atoms with Gasteiger partial charge in [0.2, 0.25) is 0 Å². The average molecular weight is 276 g/mol. The predicted octanol–water partition coefficient (Wildman–Crippen LogP) is 1.21. The molecule has 0 saturated heterocycles. The third-order valence-electron chi connectivity index (χ3n) is 2.19. The molecule has 0 amide bonds. The second kappa shape index (κ2) is 6.55. The highest BCUT2D eigenvalue weighted by atomic mass is 35.5. The minimum atomic E-state index is -3.22.